The van der Waals surface area contributed by atoms with Gasteiger partial charge in [0.05, 0.1) is 66.9 Å². The number of aromatic nitrogens is 5. The highest BCUT2D eigenvalue weighted by Crippen LogP contribution is 2.53. The molecule has 0 bridgehead atoms. The van der Waals surface area contributed by atoms with Crippen LogP contribution in [0, 0.1) is 11.3 Å². The molecule has 418 valence electrons. The van der Waals surface area contributed by atoms with Crippen molar-refractivity contribution in [2.45, 2.75) is 0 Å². The average molecular weight is 1150 g/mol. The highest BCUT2D eigenvalue weighted by atomic mass is 15.1. The van der Waals surface area contributed by atoms with Crippen molar-refractivity contribution >= 4 is 87.2 Å². The molecule has 0 spiro atoms. The number of pyridine rings is 1. The van der Waals surface area contributed by atoms with Crippen molar-refractivity contribution in [3.63, 3.8) is 0 Å². The van der Waals surface area contributed by atoms with E-state index in [9.17, 15) is 5.26 Å². The second-order valence-electron chi connectivity index (χ2n) is 23.3. The van der Waals surface area contributed by atoms with E-state index in [0.717, 1.165) is 166 Å². The van der Waals surface area contributed by atoms with Gasteiger partial charge < -0.3 is 18.3 Å². The van der Waals surface area contributed by atoms with Crippen molar-refractivity contribution in [3.8, 4) is 84.5 Å². The summed E-state index contributed by atoms with van der Waals surface area (Å²) in [5, 5.41) is 21.9. The van der Waals surface area contributed by atoms with Gasteiger partial charge in [-0.05, 0) is 135 Å². The maximum atomic E-state index is 13.2. The fourth-order valence-corrected chi connectivity index (χ4v) is 14.6. The summed E-state index contributed by atoms with van der Waals surface area (Å²) in [6.07, 6.45) is 3.78. The van der Waals surface area contributed by atoms with Crippen LogP contribution in [0.1, 0.15) is 5.56 Å². The molecule has 0 saturated carbocycles. The van der Waals surface area contributed by atoms with Crippen LogP contribution in [0.3, 0.4) is 0 Å². The summed E-state index contributed by atoms with van der Waals surface area (Å²) in [7, 11) is 0. The maximum absolute atomic E-state index is 13.2. The fourth-order valence-electron chi connectivity index (χ4n) is 14.6. The molecule has 0 saturated heterocycles. The molecule has 5 heterocycles. The lowest BCUT2D eigenvalue weighted by Crippen LogP contribution is -2.16. The minimum atomic E-state index is 0.504. The molecular formula is C84H52N6. The van der Waals surface area contributed by atoms with Crippen molar-refractivity contribution in [2.24, 2.45) is 0 Å². The molecule has 0 aliphatic heterocycles. The summed E-state index contributed by atoms with van der Waals surface area (Å²) in [5.74, 6) is 0. The Labute approximate surface area is 518 Å². The number of rotatable bonds is 9. The third kappa shape index (κ3) is 7.73. The van der Waals surface area contributed by atoms with Crippen LogP contribution in [-0.2, 0) is 0 Å². The Balaban J connectivity index is 1.12. The zero-order valence-corrected chi connectivity index (χ0v) is 48.7. The topological polar surface area (TPSA) is 56.4 Å². The third-order valence-corrected chi connectivity index (χ3v) is 18.5. The first-order valence-electron chi connectivity index (χ1n) is 30.6. The van der Waals surface area contributed by atoms with Crippen LogP contribution >= 0.6 is 0 Å². The van der Waals surface area contributed by atoms with Gasteiger partial charge in [-0.15, -0.1) is 0 Å². The zero-order valence-electron chi connectivity index (χ0n) is 48.7. The molecular weight excluding hydrogens is 1090 g/mol. The molecule has 90 heavy (non-hydrogen) atoms. The van der Waals surface area contributed by atoms with Gasteiger partial charge in [-0.25, -0.2) is 0 Å². The summed E-state index contributed by atoms with van der Waals surface area (Å²) in [6.45, 7) is 0. The first-order valence-corrected chi connectivity index (χ1v) is 30.6. The van der Waals surface area contributed by atoms with Gasteiger partial charge in [0.25, 0.3) is 0 Å². The Kier molecular flexibility index (Phi) is 11.6. The standard InChI is InChI=1S/C84H52N6/c85-53-71-81(87-72-33-17-13-29-63(72)67-49-59(37-41-76(67)87)54-21-5-1-6-22-54)80(58-45-47-86-48-46-58)83(89-74-35-19-15-31-65(74)69-51-61(39-43-78(69)89)56-25-9-3-10-26-56)84(90-75-36-20-16-32-66(75)70-52-62(40-44-79(70)90)57-27-11-4-12-28-57)82(71)88-73-34-18-14-30-64(73)68-50-60(38-42-77(68)88)55-23-7-2-8-24-55/h1-52H. The van der Waals surface area contributed by atoms with Crippen molar-refractivity contribution in [3.05, 3.63) is 321 Å². The quantitative estimate of drug-likeness (QED) is 0.145. The average Bonchev–Trinajstić information content (AvgIpc) is 1.45. The molecule has 5 aromatic heterocycles. The minimum absolute atomic E-state index is 0.504. The van der Waals surface area contributed by atoms with Gasteiger partial charge in [-0.1, -0.05) is 218 Å². The Morgan fingerprint density at radius 2 is 0.500 bits per heavy atom. The van der Waals surface area contributed by atoms with E-state index >= 15 is 0 Å². The maximum Gasteiger partial charge on any atom is 0.104 e. The van der Waals surface area contributed by atoms with Crippen LogP contribution in [0.15, 0.2) is 316 Å². The molecule has 6 heteroatoms. The van der Waals surface area contributed by atoms with E-state index in [-0.39, 0.29) is 0 Å². The highest BCUT2D eigenvalue weighted by molar-refractivity contribution is 6.18. The molecule has 0 N–H and O–H groups in total. The van der Waals surface area contributed by atoms with Crippen LogP contribution in [0.5, 0.6) is 0 Å². The number of nitrogens with zero attached hydrogens (tertiary/aromatic N) is 6. The molecule has 0 fully saturated rings. The van der Waals surface area contributed by atoms with Gasteiger partial charge in [0.1, 0.15) is 11.6 Å². The molecule has 0 atom stereocenters. The molecule has 13 aromatic carbocycles. The van der Waals surface area contributed by atoms with E-state index in [1.807, 2.05) is 12.4 Å². The Morgan fingerprint density at radius 1 is 0.222 bits per heavy atom. The molecule has 6 nitrogen and oxygen atoms in total. The van der Waals surface area contributed by atoms with Gasteiger partial charge in [0.2, 0.25) is 0 Å². The first-order chi connectivity index (χ1) is 44.7. The molecule has 0 aliphatic carbocycles. The summed E-state index contributed by atoms with van der Waals surface area (Å²) >= 11 is 0. The molecule has 0 unspecified atom stereocenters. The van der Waals surface area contributed by atoms with Gasteiger partial charge in [0, 0.05) is 61.0 Å². The lowest BCUT2D eigenvalue weighted by atomic mass is 9.93. The summed E-state index contributed by atoms with van der Waals surface area (Å²) in [4.78, 5) is 4.73. The summed E-state index contributed by atoms with van der Waals surface area (Å²) in [5.41, 5.74) is 22.5. The van der Waals surface area contributed by atoms with Crippen LogP contribution in [0.25, 0.3) is 166 Å². The minimum Gasteiger partial charge on any atom is -0.307 e. The zero-order chi connectivity index (χ0) is 59.4. The lowest BCUT2D eigenvalue weighted by Gasteiger charge is -2.29. The second kappa shape index (κ2) is 20.4. The van der Waals surface area contributed by atoms with E-state index in [0.29, 0.717) is 5.56 Å². The summed E-state index contributed by atoms with van der Waals surface area (Å²) < 4.78 is 9.80. The number of para-hydroxylation sites is 4. The number of hydrogen-bond acceptors (Lipinski definition) is 2. The Hall–Kier alpha value is -12.3. The van der Waals surface area contributed by atoms with E-state index in [2.05, 4.69) is 328 Å². The molecule has 0 aliphatic rings. The lowest BCUT2D eigenvalue weighted by molar-refractivity contribution is 1.03. The van der Waals surface area contributed by atoms with Gasteiger partial charge in [-0.3, -0.25) is 4.98 Å². The van der Waals surface area contributed by atoms with Gasteiger partial charge in [0.15, 0.2) is 0 Å². The van der Waals surface area contributed by atoms with Crippen LogP contribution in [-0.4, -0.2) is 23.3 Å². The molecule has 18 aromatic rings. The number of benzene rings is 13. The van der Waals surface area contributed by atoms with Gasteiger partial charge in [-0.2, -0.15) is 5.26 Å². The van der Waals surface area contributed by atoms with E-state index in [4.69, 9.17) is 4.98 Å². The van der Waals surface area contributed by atoms with E-state index in [1.165, 1.54) is 0 Å². The van der Waals surface area contributed by atoms with Crippen molar-refractivity contribution < 1.29 is 0 Å². The molecule has 18 rings (SSSR count). The van der Waals surface area contributed by atoms with Crippen molar-refractivity contribution in [1.82, 2.24) is 23.3 Å². The Bertz CT molecular complexity index is 5950. The van der Waals surface area contributed by atoms with Crippen LogP contribution < -0.4 is 0 Å². The monoisotopic (exact) mass is 1140 g/mol. The van der Waals surface area contributed by atoms with Crippen LogP contribution in [0.2, 0.25) is 0 Å². The Morgan fingerprint density at radius 3 is 0.833 bits per heavy atom. The normalized spacial score (nSPS) is 11.8. The van der Waals surface area contributed by atoms with Crippen molar-refractivity contribution in [1.29, 1.82) is 5.26 Å². The predicted molar refractivity (Wildman–Crippen MR) is 373 cm³/mol. The number of fused-ring (bicyclic) bond motifs is 12. The molecule has 0 amide bonds. The fraction of sp³-hybridized carbons (Fsp3) is 0. The van der Waals surface area contributed by atoms with E-state index < -0.39 is 0 Å². The van der Waals surface area contributed by atoms with Gasteiger partial charge >= 0.3 is 0 Å². The number of hydrogen-bond donors (Lipinski definition) is 0. The highest BCUT2D eigenvalue weighted by Gasteiger charge is 2.35. The predicted octanol–water partition coefficient (Wildman–Crippen LogP) is 21.7. The van der Waals surface area contributed by atoms with Crippen LogP contribution in [0.4, 0.5) is 0 Å². The third-order valence-electron chi connectivity index (χ3n) is 18.5. The van der Waals surface area contributed by atoms with E-state index in [1.54, 1.807) is 0 Å². The first kappa shape index (κ1) is 51.0. The smallest absolute Gasteiger partial charge is 0.104 e. The van der Waals surface area contributed by atoms with Crippen molar-refractivity contribution in [2.75, 3.05) is 0 Å². The largest absolute Gasteiger partial charge is 0.307 e. The molecule has 0 radical (unpaired) electrons. The number of nitriles is 1. The summed E-state index contributed by atoms with van der Waals surface area (Å²) in [6, 6.07) is 113. The second-order valence-corrected chi connectivity index (χ2v) is 23.3. The SMILES string of the molecule is N#Cc1c(-n2c3ccccc3c3cc(-c4ccccc4)ccc32)c(-c2ccncc2)c(-n2c3ccccc3c3cc(-c4ccccc4)ccc32)c(-n2c3ccccc3c3cc(-c4ccccc4)ccc32)c1-n1c2ccccc2c2cc(-c3ccccc3)ccc21.